The molecule has 0 aliphatic carbocycles. The summed E-state index contributed by atoms with van der Waals surface area (Å²) < 4.78 is 29.2. The van der Waals surface area contributed by atoms with Crippen LogP contribution in [0.3, 0.4) is 0 Å². The summed E-state index contributed by atoms with van der Waals surface area (Å²) in [5.41, 5.74) is 0.951. The molecule has 1 aliphatic heterocycles. The summed E-state index contributed by atoms with van der Waals surface area (Å²) in [7, 11) is -1.59. The second kappa shape index (κ2) is 9.32. The lowest BCUT2D eigenvalue weighted by Crippen LogP contribution is -2.41. The van der Waals surface area contributed by atoms with E-state index in [9.17, 15) is 13.2 Å². The van der Waals surface area contributed by atoms with Crippen LogP contribution in [0.1, 0.15) is 29.4 Å². The first-order valence-corrected chi connectivity index (χ1v) is 12.3. The summed E-state index contributed by atoms with van der Waals surface area (Å²) in [6, 6.07) is 6.88. The predicted molar refractivity (Wildman–Crippen MR) is 113 cm³/mol. The standard InChI is InChI=1S/C19H22ClN3O4S2/c1-3-28-19-21-10-16(20)17(22-19)18(24)23(14-8-9-29(25,26)12-14)11-13-4-6-15(27-2)7-5-13/h4-7,10,14H,3,8-9,11-12H2,1-2H3/t14-/m0/s1. The van der Waals surface area contributed by atoms with E-state index in [1.54, 1.807) is 24.1 Å². The van der Waals surface area contributed by atoms with Gasteiger partial charge in [-0.1, -0.05) is 42.4 Å². The third-order valence-electron chi connectivity index (χ3n) is 4.62. The van der Waals surface area contributed by atoms with Crippen LogP contribution in [0.4, 0.5) is 0 Å². The minimum absolute atomic E-state index is 0.0613. The van der Waals surface area contributed by atoms with Crippen LogP contribution >= 0.6 is 23.4 Å². The third kappa shape index (κ3) is 5.40. The summed E-state index contributed by atoms with van der Waals surface area (Å²) in [5.74, 6) is 1.07. The monoisotopic (exact) mass is 455 g/mol. The number of aromatic nitrogens is 2. The molecule has 1 atom stereocenters. The molecule has 3 rings (SSSR count). The first-order valence-electron chi connectivity index (χ1n) is 9.12. The van der Waals surface area contributed by atoms with Gasteiger partial charge in [0.1, 0.15) is 5.75 Å². The second-order valence-corrected chi connectivity index (χ2v) is 10.5. The number of carbonyl (C=O) groups is 1. The average Bonchev–Trinajstić information content (AvgIpc) is 3.07. The van der Waals surface area contributed by atoms with Crippen LogP contribution in [0.15, 0.2) is 35.6 Å². The molecule has 2 heterocycles. The van der Waals surface area contributed by atoms with Gasteiger partial charge in [-0.25, -0.2) is 18.4 Å². The van der Waals surface area contributed by atoms with Crippen molar-refractivity contribution in [3.63, 3.8) is 0 Å². The largest absolute Gasteiger partial charge is 0.497 e. The number of sulfone groups is 1. The van der Waals surface area contributed by atoms with Crippen LogP contribution < -0.4 is 4.74 Å². The highest BCUT2D eigenvalue weighted by molar-refractivity contribution is 7.99. The first kappa shape index (κ1) is 21.9. The van der Waals surface area contributed by atoms with Gasteiger partial charge in [-0.2, -0.15) is 0 Å². The Morgan fingerprint density at radius 3 is 2.66 bits per heavy atom. The average molecular weight is 456 g/mol. The molecular formula is C19H22ClN3O4S2. The zero-order valence-electron chi connectivity index (χ0n) is 16.2. The van der Waals surface area contributed by atoms with Crippen molar-refractivity contribution in [2.24, 2.45) is 0 Å². The summed E-state index contributed by atoms with van der Waals surface area (Å²) >= 11 is 7.63. The predicted octanol–water partition coefficient (Wildman–Crippen LogP) is 3.08. The Morgan fingerprint density at radius 2 is 2.07 bits per heavy atom. The van der Waals surface area contributed by atoms with Gasteiger partial charge in [0, 0.05) is 12.6 Å². The van der Waals surface area contributed by atoms with Crippen molar-refractivity contribution < 1.29 is 17.9 Å². The van der Waals surface area contributed by atoms with Crippen LogP contribution in [-0.2, 0) is 16.4 Å². The third-order valence-corrected chi connectivity index (χ3v) is 7.39. The molecule has 0 N–H and O–H groups in total. The van der Waals surface area contributed by atoms with Crippen LogP contribution in [0.5, 0.6) is 5.75 Å². The Balaban J connectivity index is 1.93. The molecule has 1 aromatic carbocycles. The molecule has 0 spiro atoms. The number of methoxy groups -OCH3 is 1. The van der Waals surface area contributed by atoms with E-state index in [0.717, 1.165) is 11.3 Å². The van der Waals surface area contributed by atoms with E-state index in [1.165, 1.54) is 18.0 Å². The van der Waals surface area contributed by atoms with E-state index in [-0.39, 0.29) is 28.8 Å². The van der Waals surface area contributed by atoms with E-state index in [4.69, 9.17) is 16.3 Å². The molecule has 10 heteroatoms. The van der Waals surface area contributed by atoms with E-state index in [1.807, 2.05) is 19.1 Å². The number of nitrogens with zero attached hydrogens (tertiary/aromatic N) is 3. The number of halogens is 1. The van der Waals surface area contributed by atoms with Gasteiger partial charge in [-0.05, 0) is 29.9 Å². The quantitative estimate of drug-likeness (QED) is 0.468. The summed E-state index contributed by atoms with van der Waals surface area (Å²) in [6.45, 7) is 2.21. The van der Waals surface area contributed by atoms with Crippen LogP contribution in [0.2, 0.25) is 5.02 Å². The van der Waals surface area contributed by atoms with E-state index in [0.29, 0.717) is 17.3 Å². The van der Waals surface area contributed by atoms with Crippen LogP contribution in [0.25, 0.3) is 0 Å². The van der Waals surface area contributed by atoms with Crippen molar-refractivity contribution in [3.05, 3.63) is 46.7 Å². The van der Waals surface area contributed by atoms with Gasteiger partial charge in [0.25, 0.3) is 5.91 Å². The molecule has 1 amide bonds. The number of carbonyl (C=O) groups excluding carboxylic acids is 1. The SMILES string of the molecule is CCSc1ncc(Cl)c(C(=O)N(Cc2ccc(OC)cc2)[C@H]2CCS(=O)(=O)C2)n1. The summed E-state index contributed by atoms with van der Waals surface area (Å²) in [6.07, 6.45) is 1.81. The topological polar surface area (TPSA) is 89.5 Å². The molecule has 0 radical (unpaired) electrons. The van der Waals surface area contributed by atoms with Crippen molar-refractivity contribution in [1.29, 1.82) is 0 Å². The number of hydrogen-bond acceptors (Lipinski definition) is 7. The number of thioether (sulfide) groups is 1. The van der Waals surface area contributed by atoms with Crippen molar-refractivity contribution >= 4 is 39.1 Å². The number of amides is 1. The number of ether oxygens (including phenoxy) is 1. The first-order chi connectivity index (χ1) is 13.8. The highest BCUT2D eigenvalue weighted by Crippen LogP contribution is 2.26. The second-order valence-electron chi connectivity index (χ2n) is 6.62. The minimum Gasteiger partial charge on any atom is -0.497 e. The maximum absolute atomic E-state index is 13.4. The Labute approximate surface area is 179 Å². The molecule has 2 aromatic rings. The molecule has 1 aromatic heterocycles. The van der Waals surface area contributed by atoms with Crippen molar-refractivity contribution in [2.45, 2.75) is 31.1 Å². The number of rotatable bonds is 7. The van der Waals surface area contributed by atoms with Gasteiger partial charge in [0.15, 0.2) is 20.7 Å². The molecule has 29 heavy (non-hydrogen) atoms. The molecule has 7 nitrogen and oxygen atoms in total. The fourth-order valence-corrected chi connectivity index (χ4v) is 5.60. The number of benzene rings is 1. The lowest BCUT2D eigenvalue weighted by atomic mass is 10.1. The van der Waals surface area contributed by atoms with E-state index >= 15 is 0 Å². The van der Waals surface area contributed by atoms with Crippen molar-refractivity contribution in [2.75, 3.05) is 24.4 Å². The van der Waals surface area contributed by atoms with Gasteiger partial charge >= 0.3 is 0 Å². The molecule has 1 saturated heterocycles. The summed E-state index contributed by atoms with van der Waals surface area (Å²) in [5, 5.41) is 0.611. The lowest BCUT2D eigenvalue weighted by Gasteiger charge is -2.28. The summed E-state index contributed by atoms with van der Waals surface area (Å²) in [4.78, 5) is 23.4. The van der Waals surface area contributed by atoms with Crippen LogP contribution in [-0.4, -0.2) is 59.6 Å². The molecular weight excluding hydrogens is 434 g/mol. The molecule has 1 aliphatic rings. The van der Waals surface area contributed by atoms with Gasteiger partial charge in [-0.15, -0.1) is 0 Å². The maximum atomic E-state index is 13.4. The smallest absolute Gasteiger partial charge is 0.274 e. The zero-order valence-corrected chi connectivity index (χ0v) is 18.6. The van der Waals surface area contributed by atoms with Crippen molar-refractivity contribution in [3.8, 4) is 5.75 Å². The van der Waals surface area contributed by atoms with Crippen molar-refractivity contribution in [1.82, 2.24) is 14.9 Å². The highest BCUT2D eigenvalue weighted by atomic mass is 35.5. The highest BCUT2D eigenvalue weighted by Gasteiger charge is 2.36. The Hall–Kier alpha value is -1.84. The van der Waals surface area contributed by atoms with Gasteiger partial charge in [0.2, 0.25) is 0 Å². The lowest BCUT2D eigenvalue weighted by molar-refractivity contribution is 0.0674. The fraction of sp³-hybridized carbons (Fsp3) is 0.421. The van der Waals surface area contributed by atoms with Gasteiger partial charge in [-0.3, -0.25) is 4.79 Å². The minimum atomic E-state index is -3.17. The normalized spacial score (nSPS) is 17.8. The Kier molecular flexibility index (Phi) is 7.02. The molecule has 156 valence electrons. The van der Waals surface area contributed by atoms with Gasteiger partial charge in [0.05, 0.1) is 29.8 Å². The molecule has 0 bridgehead atoms. The molecule has 0 unspecified atom stereocenters. The molecule has 1 fully saturated rings. The van der Waals surface area contributed by atoms with Crippen LogP contribution in [0, 0.1) is 0 Å². The Morgan fingerprint density at radius 1 is 1.34 bits per heavy atom. The van der Waals surface area contributed by atoms with E-state index in [2.05, 4.69) is 9.97 Å². The number of hydrogen-bond donors (Lipinski definition) is 0. The molecule has 0 saturated carbocycles. The fourth-order valence-electron chi connectivity index (χ4n) is 3.15. The maximum Gasteiger partial charge on any atom is 0.274 e. The van der Waals surface area contributed by atoms with Gasteiger partial charge < -0.3 is 9.64 Å². The Bertz CT molecular complexity index is 983. The van der Waals surface area contributed by atoms with E-state index < -0.39 is 21.8 Å². The zero-order chi connectivity index (χ0) is 21.0.